The molecule has 2 aliphatic carbocycles. The standard InChI is InChI=1S/C19H21N3O5.C10H15N3O3.2C9H15NO2.C9H8O3.2C2H2O4.2Pt/c1-13(14-6-8-15(9-7-14)19(26)27)20-21-16(23)5-3-2-4-12-22-17(24)10-11-18(22)25;11-12-8(14)4-2-1-3-7-13-9(15)5-6-10(13)16;2*1-7(11)12-6-8-4-2-3-5-9(8)10;1-6(10)7-2-4-8(5-3-7)9(11)12;2*3-1(4)2(5)6;;/h6-11H,2-5,12H2,1H3,(H,21,23)(H,26,27);5-6H,1-4,7,11H2,(H,12,14);2*6,8-10H,2-5H2,1H3;2-5H,1H3,(H,11,12);2*(H,3,4)(H,5,6);;/q;;2*-2;;;;2*+2/b20-13+;;;;;;;;/t;;2*8-,9+;;;;;/m..00...../s1. The second-order valence-electron chi connectivity index (χ2n) is 19.9. The molecule has 0 radical (unpaired) electrons. The molecule has 12 N–H and O–H groups in total. The van der Waals surface area contributed by atoms with E-state index >= 15 is 0 Å². The summed E-state index contributed by atoms with van der Waals surface area (Å²) in [5.41, 5.74) is 22.0. The summed E-state index contributed by atoms with van der Waals surface area (Å²) in [7, 11) is 0. The van der Waals surface area contributed by atoms with Crippen molar-refractivity contribution in [3.63, 3.8) is 0 Å². The first kappa shape index (κ1) is 88.7. The Bertz CT molecular complexity index is 2770. The summed E-state index contributed by atoms with van der Waals surface area (Å²) < 4.78 is 9.54. The van der Waals surface area contributed by atoms with Gasteiger partial charge in [-0.15, -0.1) is 0 Å². The van der Waals surface area contributed by atoms with Crippen molar-refractivity contribution in [1.82, 2.24) is 20.7 Å². The molecule has 2 fully saturated rings. The number of ketones is 1. The smallest absolute Gasteiger partial charge is 0.676 e. The van der Waals surface area contributed by atoms with Gasteiger partial charge in [0.25, 0.3) is 35.6 Å². The molecule has 4 aliphatic rings. The van der Waals surface area contributed by atoms with E-state index in [2.05, 4.69) is 10.5 Å². The summed E-state index contributed by atoms with van der Waals surface area (Å²) >= 11 is 0. The fraction of sp³-hybridized carbons (Fsp3) is 0.433. The number of carboxylic acids is 6. The number of amides is 6. The minimum absolute atomic E-state index is 0. The number of hydrogen-bond acceptors (Lipinski definition) is 19. The number of hydrazine groups is 1. The van der Waals surface area contributed by atoms with E-state index in [-0.39, 0.29) is 137 Å². The third kappa shape index (κ3) is 40.9. The van der Waals surface area contributed by atoms with Crippen LogP contribution in [-0.2, 0) is 109 Å². The summed E-state index contributed by atoms with van der Waals surface area (Å²) in [6.45, 7) is 9.78. The molecule has 33 heteroatoms. The minimum Gasteiger partial charge on any atom is -0.676 e. The van der Waals surface area contributed by atoms with E-state index in [0.717, 1.165) is 57.8 Å². The van der Waals surface area contributed by atoms with Crippen LogP contribution in [0, 0.1) is 25.0 Å². The summed E-state index contributed by atoms with van der Waals surface area (Å²) in [5, 5.41) is 51.0. The van der Waals surface area contributed by atoms with Crippen LogP contribution in [-0.4, -0.2) is 160 Å². The molecule has 2 aromatic carbocycles. The number of nitrogens with one attached hydrogen (secondary N) is 4. The Morgan fingerprint density at radius 3 is 1.10 bits per heavy atom. The van der Waals surface area contributed by atoms with Gasteiger partial charge in [0.05, 0.1) is 16.8 Å². The second kappa shape index (κ2) is 50.1. The third-order valence-electron chi connectivity index (χ3n) is 12.8. The van der Waals surface area contributed by atoms with E-state index in [1.807, 2.05) is 5.43 Å². The average molecular weight is 1670 g/mol. The molecule has 2 aliphatic heterocycles. The van der Waals surface area contributed by atoms with Gasteiger partial charge in [-0.1, -0.05) is 88.5 Å². The van der Waals surface area contributed by atoms with Crippen LogP contribution in [0.5, 0.6) is 0 Å². The molecule has 6 rings (SSSR count). The van der Waals surface area contributed by atoms with Gasteiger partial charge < -0.3 is 51.6 Å². The van der Waals surface area contributed by atoms with Crippen LogP contribution in [0.3, 0.4) is 0 Å². The maximum Gasteiger partial charge on any atom is 2.00 e. The van der Waals surface area contributed by atoms with Gasteiger partial charge in [-0.3, -0.25) is 58.4 Å². The molecule has 0 saturated heterocycles. The maximum atomic E-state index is 11.8. The van der Waals surface area contributed by atoms with E-state index in [1.54, 1.807) is 32.3 Å². The number of nitrogens with zero attached hydrogens (tertiary/aromatic N) is 3. The monoisotopic (exact) mass is 1670 g/mol. The molecular weight excluding hydrogens is 1590 g/mol. The first-order chi connectivity index (χ1) is 42.8. The normalized spacial score (nSPS) is 16.4. The van der Waals surface area contributed by atoms with Crippen molar-refractivity contribution in [3.8, 4) is 0 Å². The Morgan fingerprint density at radius 2 is 0.806 bits per heavy atom. The molecule has 0 aromatic heterocycles. The van der Waals surface area contributed by atoms with Gasteiger partial charge in [0.15, 0.2) is 5.78 Å². The molecule has 516 valence electrons. The Labute approximate surface area is 564 Å². The van der Waals surface area contributed by atoms with Gasteiger partial charge in [0, 0.05) is 69.6 Å². The number of carbonyl (C=O) groups excluding carboxylic acids is 9. The van der Waals surface area contributed by atoms with E-state index in [0.29, 0.717) is 68.5 Å². The van der Waals surface area contributed by atoms with Crippen molar-refractivity contribution < 1.29 is 154 Å². The largest absolute Gasteiger partial charge is 2.00 e. The van der Waals surface area contributed by atoms with Gasteiger partial charge >= 0.3 is 77.9 Å². The molecule has 2 saturated carbocycles. The average Bonchev–Trinajstić information content (AvgIpc) is 2.24. The molecule has 2 aromatic rings. The van der Waals surface area contributed by atoms with Crippen molar-refractivity contribution in [2.45, 2.75) is 143 Å². The number of Topliss-reactive ketones (excluding diaryl/α,β-unsaturated/α-hetero) is 1. The van der Waals surface area contributed by atoms with Gasteiger partial charge in [0.1, 0.15) is 0 Å². The van der Waals surface area contributed by atoms with Gasteiger partial charge in [0.2, 0.25) is 11.8 Å². The topological polar surface area (TPSA) is 512 Å². The predicted molar refractivity (Wildman–Crippen MR) is 321 cm³/mol. The van der Waals surface area contributed by atoms with Crippen molar-refractivity contribution in [3.05, 3.63) is 120 Å². The first-order valence-corrected chi connectivity index (χ1v) is 28.3. The van der Waals surface area contributed by atoms with Crippen molar-refractivity contribution in [2.75, 3.05) is 13.1 Å². The fourth-order valence-electron chi connectivity index (χ4n) is 7.82. The summed E-state index contributed by atoms with van der Waals surface area (Å²) in [5.74, 6) is -6.22. The van der Waals surface area contributed by atoms with Crippen LogP contribution < -0.4 is 16.7 Å². The number of unbranched alkanes of at least 4 members (excludes halogenated alkanes) is 4. The Hall–Kier alpha value is -8.50. The zero-order valence-corrected chi connectivity index (χ0v) is 55.8. The van der Waals surface area contributed by atoms with Crippen LogP contribution in [0.2, 0.25) is 0 Å². The number of benzene rings is 2. The number of nitrogens with two attached hydrogens (primary N) is 1. The molecular formula is C60H78N8O23Pt2. The molecule has 0 spiro atoms. The molecule has 0 bridgehead atoms. The molecule has 4 atom stereocenters. The van der Waals surface area contributed by atoms with Gasteiger partial charge in [-0.05, 0) is 69.4 Å². The number of aromatic carboxylic acids is 2. The molecule has 2 heterocycles. The van der Waals surface area contributed by atoms with Crippen molar-refractivity contribution in [1.29, 1.82) is 0 Å². The van der Waals surface area contributed by atoms with E-state index in [4.69, 9.17) is 76.6 Å². The van der Waals surface area contributed by atoms with Crippen molar-refractivity contribution in [2.24, 2.45) is 22.8 Å². The SMILES string of the molecule is C/C(=N\NC(=O)CCCCCN1C(=O)C=CC1=O)c1ccc(C(=O)O)cc1.CC(=O)O[CH-][C@@H]1CCCC[C@H]1[NH-].CC(=O)O[CH-][C@@H]1CCCC[C@H]1[NH-].CC(=O)c1ccc(C(=O)O)cc1.NNC(=O)CCCCCN1C(=O)C=CC1=O.O=C(O)C(=O)O.O=C(O)C(=O)O.[Pt+2].[Pt+2]. The first-order valence-electron chi connectivity index (χ1n) is 28.3. The minimum atomic E-state index is -1.82. The summed E-state index contributed by atoms with van der Waals surface area (Å²) in [6.07, 6.45) is 18.3. The van der Waals surface area contributed by atoms with E-state index < -0.39 is 35.8 Å². The van der Waals surface area contributed by atoms with Crippen LogP contribution in [0.1, 0.15) is 167 Å². The van der Waals surface area contributed by atoms with Crippen molar-refractivity contribution >= 4 is 94.7 Å². The molecule has 31 nitrogen and oxygen atoms in total. The Morgan fingerprint density at radius 1 is 0.495 bits per heavy atom. The number of aliphatic carboxylic acids is 4. The Kier molecular flexibility index (Phi) is 47.8. The summed E-state index contributed by atoms with van der Waals surface area (Å²) in [6, 6.07) is 11.9. The number of ether oxygens (including phenoxy) is 2. The van der Waals surface area contributed by atoms with Crippen LogP contribution in [0.15, 0.2) is 77.9 Å². The van der Waals surface area contributed by atoms with Crippen LogP contribution >= 0.6 is 0 Å². The quantitative estimate of drug-likeness (QED) is 0.00690. The number of hydrogen-bond donors (Lipinski definition) is 9. The fourth-order valence-corrected chi connectivity index (χ4v) is 7.82. The number of rotatable bonds is 21. The summed E-state index contributed by atoms with van der Waals surface area (Å²) in [4.78, 5) is 159. The number of hydrazone groups is 1. The van der Waals surface area contributed by atoms with Crippen LogP contribution in [0.25, 0.3) is 11.5 Å². The van der Waals surface area contributed by atoms with E-state index in [9.17, 15) is 52.7 Å². The maximum absolute atomic E-state index is 11.8. The number of esters is 2. The third-order valence-corrected chi connectivity index (χ3v) is 12.8. The van der Waals surface area contributed by atoms with E-state index in [1.165, 1.54) is 91.3 Å². The predicted octanol–water partition coefficient (Wildman–Crippen LogP) is 5.71. The number of carbonyl (C=O) groups is 15. The number of imide groups is 2. The zero-order valence-electron chi connectivity index (χ0n) is 51.3. The second-order valence-corrected chi connectivity index (χ2v) is 19.9. The van der Waals surface area contributed by atoms with Gasteiger partial charge in [-0.25, -0.2) is 40.0 Å². The van der Waals surface area contributed by atoms with Gasteiger partial charge in [-0.2, -0.15) is 42.2 Å². The molecule has 0 unspecified atom stereocenters. The molecule has 93 heavy (non-hydrogen) atoms. The zero-order chi connectivity index (χ0) is 69.2. The van der Waals surface area contributed by atoms with Crippen LogP contribution in [0.4, 0.5) is 0 Å². The Balaban J connectivity index is -0.00000107. The number of carboxylic acid groups (broad SMARTS) is 6. The molecule has 6 amide bonds.